The number of aryl methyl sites for hydroxylation is 1. The van der Waals surface area contributed by atoms with Gasteiger partial charge in [0.25, 0.3) is 15.9 Å². The minimum absolute atomic E-state index is 0.190. The zero-order chi connectivity index (χ0) is 19.7. The van der Waals surface area contributed by atoms with Gasteiger partial charge in [-0.15, -0.1) is 0 Å². The van der Waals surface area contributed by atoms with Gasteiger partial charge in [0.2, 0.25) is 0 Å². The van der Waals surface area contributed by atoms with Gasteiger partial charge >= 0.3 is 0 Å². The molecule has 0 fully saturated rings. The highest BCUT2D eigenvalue weighted by Gasteiger charge is 2.23. The first kappa shape index (κ1) is 20.3. The van der Waals surface area contributed by atoms with Gasteiger partial charge in [0.05, 0.1) is 21.2 Å². The summed E-state index contributed by atoms with van der Waals surface area (Å²) in [6, 6.07) is 11.2. The molecule has 0 aliphatic rings. The van der Waals surface area contributed by atoms with Crippen molar-refractivity contribution in [1.82, 2.24) is 5.32 Å². The zero-order valence-corrected chi connectivity index (χ0v) is 17.1. The Morgan fingerprint density at radius 1 is 1.08 bits per heavy atom. The summed E-state index contributed by atoms with van der Waals surface area (Å²) in [5.41, 5.74) is 1.25. The summed E-state index contributed by atoms with van der Waals surface area (Å²) in [5.74, 6) is -0.307. The number of sulfonamides is 1. The normalized spacial score (nSPS) is 11.9. The summed E-state index contributed by atoms with van der Waals surface area (Å²) in [4.78, 5) is 12.5. The van der Waals surface area contributed by atoms with Gasteiger partial charge in [-0.25, -0.2) is 8.42 Å². The summed E-state index contributed by atoms with van der Waals surface area (Å²) in [7, 11) is -2.26. The average Bonchev–Trinajstić information content (AvgIpc) is 2.52. The van der Waals surface area contributed by atoms with Gasteiger partial charge in [-0.3, -0.25) is 9.10 Å². The molecule has 0 spiro atoms. The lowest BCUT2D eigenvalue weighted by atomic mass is 10.1. The third kappa shape index (κ3) is 4.56. The van der Waals surface area contributed by atoms with Crippen LogP contribution in [0, 0.1) is 6.92 Å². The number of rotatable bonds is 4. The molecule has 2 aromatic carbocycles. The molecule has 1 N–H and O–H groups in total. The van der Waals surface area contributed by atoms with E-state index < -0.39 is 15.6 Å². The molecule has 0 bridgehead atoms. The summed E-state index contributed by atoms with van der Waals surface area (Å²) in [6.45, 7) is 7.50. The maximum Gasteiger partial charge on any atom is 0.264 e. The number of nitrogens with zero attached hydrogens (tertiary/aromatic N) is 1. The van der Waals surface area contributed by atoms with E-state index in [2.05, 4.69) is 5.32 Å². The largest absolute Gasteiger partial charge is 0.347 e. The Morgan fingerprint density at radius 3 is 2.15 bits per heavy atom. The van der Waals surface area contributed by atoms with Crippen molar-refractivity contribution in [1.29, 1.82) is 0 Å². The third-order valence-corrected chi connectivity index (χ3v) is 5.84. The fourth-order valence-corrected chi connectivity index (χ4v) is 3.75. The van der Waals surface area contributed by atoms with E-state index in [1.54, 1.807) is 30.3 Å². The smallest absolute Gasteiger partial charge is 0.264 e. The second-order valence-electron chi connectivity index (χ2n) is 7.15. The molecule has 5 nitrogen and oxygen atoms in total. The number of hydrogen-bond donors (Lipinski definition) is 1. The van der Waals surface area contributed by atoms with Crippen molar-refractivity contribution in [3.8, 4) is 0 Å². The Kier molecular flexibility index (Phi) is 5.68. The number of amides is 1. The molecule has 0 aromatic heterocycles. The van der Waals surface area contributed by atoms with E-state index in [1.165, 1.54) is 19.2 Å². The van der Waals surface area contributed by atoms with Crippen molar-refractivity contribution in [3.05, 3.63) is 58.6 Å². The monoisotopic (exact) mass is 394 g/mol. The summed E-state index contributed by atoms with van der Waals surface area (Å²) in [5, 5.41) is 3.02. The van der Waals surface area contributed by atoms with Crippen LogP contribution in [0.25, 0.3) is 0 Å². The quantitative estimate of drug-likeness (QED) is 0.852. The Balaban J connectivity index is 2.33. The Morgan fingerprint density at radius 2 is 1.65 bits per heavy atom. The van der Waals surface area contributed by atoms with E-state index in [-0.39, 0.29) is 15.8 Å². The standard InChI is InChI=1S/C19H23ClN2O3S/c1-13-6-9-15(10-7-13)26(24,25)22(5)14-8-11-16(17(20)12-14)18(23)21-19(2,3)4/h6-12H,1-5H3,(H,21,23). The zero-order valence-electron chi connectivity index (χ0n) is 15.5. The second kappa shape index (κ2) is 7.29. The fourth-order valence-electron chi connectivity index (χ4n) is 2.30. The third-order valence-electron chi connectivity index (χ3n) is 3.73. The molecule has 2 aromatic rings. The topological polar surface area (TPSA) is 66.5 Å². The van der Waals surface area contributed by atoms with Crippen molar-refractivity contribution < 1.29 is 13.2 Å². The molecule has 0 saturated carbocycles. The number of halogens is 1. The molecule has 2 rings (SSSR count). The molecule has 140 valence electrons. The first-order chi connectivity index (χ1) is 11.9. The SMILES string of the molecule is Cc1ccc(S(=O)(=O)N(C)c2ccc(C(=O)NC(C)(C)C)c(Cl)c2)cc1. The van der Waals surface area contributed by atoms with Crippen LogP contribution in [0.2, 0.25) is 5.02 Å². The van der Waals surface area contributed by atoms with Gasteiger partial charge in [0, 0.05) is 12.6 Å². The van der Waals surface area contributed by atoms with Gasteiger partial charge in [-0.2, -0.15) is 0 Å². The predicted molar refractivity (Wildman–Crippen MR) is 105 cm³/mol. The van der Waals surface area contributed by atoms with Crippen molar-refractivity contribution in [2.45, 2.75) is 38.1 Å². The Bertz CT molecular complexity index is 917. The first-order valence-corrected chi connectivity index (χ1v) is 9.91. The molecule has 0 unspecified atom stereocenters. The summed E-state index contributed by atoms with van der Waals surface area (Å²) in [6.07, 6.45) is 0. The number of carbonyl (C=O) groups is 1. The van der Waals surface area contributed by atoms with E-state index in [9.17, 15) is 13.2 Å². The minimum atomic E-state index is -3.71. The van der Waals surface area contributed by atoms with E-state index in [1.807, 2.05) is 27.7 Å². The molecule has 7 heteroatoms. The van der Waals surface area contributed by atoms with Crippen LogP contribution >= 0.6 is 11.6 Å². The predicted octanol–water partition coefficient (Wildman–Crippen LogP) is 4.00. The van der Waals surface area contributed by atoms with Gasteiger partial charge in [-0.05, 0) is 58.0 Å². The second-order valence-corrected chi connectivity index (χ2v) is 9.53. The molecule has 0 radical (unpaired) electrons. The molecule has 0 atom stereocenters. The van der Waals surface area contributed by atoms with Gasteiger partial charge in [0.15, 0.2) is 0 Å². The van der Waals surface area contributed by atoms with E-state index in [0.29, 0.717) is 11.3 Å². The molecule has 0 saturated heterocycles. The number of anilines is 1. The Labute approximate surface area is 160 Å². The number of hydrogen-bond acceptors (Lipinski definition) is 3. The molecule has 26 heavy (non-hydrogen) atoms. The van der Waals surface area contributed by atoms with Crippen LogP contribution in [0.3, 0.4) is 0 Å². The van der Waals surface area contributed by atoms with Crippen molar-refractivity contribution >= 4 is 33.2 Å². The lowest BCUT2D eigenvalue weighted by Crippen LogP contribution is -2.40. The molecule has 0 heterocycles. The fraction of sp³-hybridized carbons (Fsp3) is 0.316. The highest BCUT2D eigenvalue weighted by molar-refractivity contribution is 7.92. The molecular formula is C19H23ClN2O3S. The lowest BCUT2D eigenvalue weighted by molar-refractivity contribution is 0.0919. The summed E-state index contributed by atoms with van der Waals surface area (Å²) >= 11 is 6.23. The molecule has 1 amide bonds. The highest BCUT2D eigenvalue weighted by atomic mass is 35.5. The van der Waals surface area contributed by atoms with Crippen LogP contribution in [0.1, 0.15) is 36.7 Å². The van der Waals surface area contributed by atoms with Crippen molar-refractivity contribution in [2.24, 2.45) is 0 Å². The van der Waals surface area contributed by atoms with E-state index >= 15 is 0 Å². The number of nitrogens with one attached hydrogen (secondary N) is 1. The minimum Gasteiger partial charge on any atom is -0.347 e. The van der Waals surface area contributed by atoms with Crippen molar-refractivity contribution in [2.75, 3.05) is 11.4 Å². The number of carbonyl (C=O) groups excluding carboxylic acids is 1. The van der Waals surface area contributed by atoms with Gasteiger partial charge < -0.3 is 5.32 Å². The average molecular weight is 395 g/mol. The number of benzene rings is 2. The molecular weight excluding hydrogens is 372 g/mol. The van der Waals surface area contributed by atoms with E-state index in [0.717, 1.165) is 9.87 Å². The van der Waals surface area contributed by atoms with Crippen LogP contribution < -0.4 is 9.62 Å². The van der Waals surface area contributed by atoms with Crippen LogP contribution in [-0.2, 0) is 10.0 Å². The maximum atomic E-state index is 12.8. The van der Waals surface area contributed by atoms with Crippen LogP contribution in [0.4, 0.5) is 5.69 Å². The Hall–Kier alpha value is -2.05. The lowest BCUT2D eigenvalue weighted by Gasteiger charge is -2.22. The molecule has 0 aliphatic heterocycles. The van der Waals surface area contributed by atoms with Crippen LogP contribution in [0.5, 0.6) is 0 Å². The maximum absolute atomic E-state index is 12.8. The molecule has 0 aliphatic carbocycles. The van der Waals surface area contributed by atoms with Crippen molar-refractivity contribution in [3.63, 3.8) is 0 Å². The highest BCUT2D eigenvalue weighted by Crippen LogP contribution is 2.27. The summed E-state index contributed by atoms with van der Waals surface area (Å²) < 4.78 is 26.7. The van der Waals surface area contributed by atoms with Crippen LogP contribution in [-0.4, -0.2) is 26.9 Å². The van der Waals surface area contributed by atoms with Crippen LogP contribution in [0.15, 0.2) is 47.4 Å². The van der Waals surface area contributed by atoms with Gasteiger partial charge in [-0.1, -0.05) is 29.3 Å². The van der Waals surface area contributed by atoms with E-state index in [4.69, 9.17) is 11.6 Å². The van der Waals surface area contributed by atoms with Gasteiger partial charge in [0.1, 0.15) is 0 Å². The first-order valence-electron chi connectivity index (χ1n) is 8.09.